The van der Waals surface area contributed by atoms with Gasteiger partial charge in [-0.2, -0.15) is 0 Å². The molecule has 0 radical (unpaired) electrons. The van der Waals surface area contributed by atoms with E-state index < -0.39 is 0 Å². The minimum atomic E-state index is -0.0558. The van der Waals surface area contributed by atoms with Crippen LogP contribution in [0.1, 0.15) is 75.0 Å². The molecule has 1 amide bonds. The zero-order valence-corrected chi connectivity index (χ0v) is 25.7. The molecule has 1 aliphatic heterocycles. The van der Waals surface area contributed by atoms with Gasteiger partial charge in [0.2, 0.25) is 5.91 Å². The molecule has 4 rings (SSSR count). The lowest BCUT2D eigenvalue weighted by Crippen LogP contribution is -2.36. The van der Waals surface area contributed by atoms with Crippen molar-refractivity contribution in [2.45, 2.75) is 79.2 Å². The van der Waals surface area contributed by atoms with Gasteiger partial charge in [0.05, 0.1) is 39.6 Å². The van der Waals surface area contributed by atoms with Gasteiger partial charge in [0.1, 0.15) is 5.75 Å². The standard InChI is InChI=1S/C34H50N2O5/c1-26-23-28-10-12-31(41-16-13-30-11-9-27-7-5-6-8-32(27)35-30)24-29(28)25-36(33(26)37)15-18-39-20-22-40-21-19-38-17-14-34(2,3)4/h9-12,24,26H,5-8,13-23,25H2,1-4H3/t26-/m1/s1. The zero-order chi connectivity index (χ0) is 29.1. The van der Waals surface area contributed by atoms with Crippen molar-refractivity contribution in [3.8, 4) is 5.75 Å². The minimum Gasteiger partial charge on any atom is -0.493 e. The normalized spacial score (nSPS) is 17.2. The van der Waals surface area contributed by atoms with E-state index in [0.29, 0.717) is 58.1 Å². The summed E-state index contributed by atoms with van der Waals surface area (Å²) in [5.74, 6) is 0.966. The van der Waals surface area contributed by atoms with Crippen LogP contribution in [0.3, 0.4) is 0 Å². The van der Waals surface area contributed by atoms with Crippen LogP contribution < -0.4 is 4.74 Å². The van der Waals surface area contributed by atoms with Gasteiger partial charge >= 0.3 is 0 Å². The van der Waals surface area contributed by atoms with E-state index in [-0.39, 0.29) is 11.8 Å². The number of nitrogens with zero attached hydrogens (tertiary/aromatic N) is 2. The highest BCUT2D eigenvalue weighted by Gasteiger charge is 2.26. The molecule has 1 aromatic carbocycles. The predicted molar refractivity (Wildman–Crippen MR) is 161 cm³/mol. The van der Waals surface area contributed by atoms with Crippen LogP contribution in [0, 0.1) is 11.3 Å². The van der Waals surface area contributed by atoms with E-state index in [1.165, 1.54) is 29.7 Å². The van der Waals surface area contributed by atoms with Crippen molar-refractivity contribution >= 4 is 5.91 Å². The van der Waals surface area contributed by atoms with Gasteiger partial charge in [0.15, 0.2) is 0 Å². The molecule has 1 aliphatic carbocycles. The van der Waals surface area contributed by atoms with Crippen LogP contribution in [0.15, 0.2) is 30.3 Å². The SMILES string of the molecule is C[C@@H]1Cc2ccc(OCCc3ccc4c(n3)CCCC4)cc2CN(CCOCCOCCOCCC(C)(C)C)C1=O. The quantitative estimate of drug-likeness (QED) is 0.262. The topological polar surface area (TPSA) is 70.1 Å². The average Bonchev–Trinajstić information content (AvgIpc) is 3.06. The minimum absolute atomic E-state index is 0.0558. The second kappa shape index (κ2) is 15.7. The maximum atomic E-state index is 13.1. The maximum Gasteiger partial charge on any atom is 0.226 e. The van der Waals surface area contributed by atoms with Gasteiger partial charge in [-0.1, -0.05) is 39.8 Å². The van der Waals surface area contributed by atoms with Crippen LogP contribution in [0.2, 0.25) is 0 Å². The molecular weight excluding hydrogens is 516 g/mol. The van der Waals surface area contributed by atoms with Crippen molar-refractivity contribution in [1.82, 2.24) is 9.88 Å². The fourth-order valence-corrected chi connectivity index (χ4v) is 5.38. The lowest BCUT2D eigenvalue weighted by Gasteiger charge is -2.23. The Morgan fingerprint density at radius 3 is 2.34 bits per heavy atom. The lowest BCUT2D eigenvalue weighted by atomic mass is 9.93. The fourth-order valence-electron chi connectivity index (χ4n) is 5.38. The third-order valence-corrected chi connectivity index (χ3v) is 7.91. The first kappa shape index (κ1) is 31.5. The van der Waals surface area contributed by atoms with E-state index in [9.17, 15) is 4.79 Å². The first-order valence-electron chi connectivity index (χ1n) is 15.5. The van der Waals surface area contributed by atoms with E-state index in [1.54, 1.807) is 0 Å². The smallest absolute Gasteiger partial charge is 0.226 e. The Hall–Kier alpha value is -2.48. The molecular formula is C34H50N2O5. The molecule has 7 nitrogen and oxygen atoms in total. The largest absolute Gasteiger partial charge is 0.493 e. The van der Waals surface area contributed by atoms with Crippen LogP contribution in [-0.2, 0) is 51.2 Å². The summed E-state index contributed by atoms with van der Waals surface area (Å²) in [6, 6.07) is 10.6. The van der Waals surface area contributed by atoms with Gasteiger partial charge < -0.3 is 23.8 Å². The molecule has 0 saturated carbocycles. The summed E-state index contributed by atoms with van der Waals surface area (Å²) in [6.45, 7) is 13.8. The monoisotopic (exact) mass is 566 g/mol. The van der Waals surface area contributed by atoms with Gasteiger partial charge in [-0.05, 0) is 78.8 Å². The van der Waals surface area contributed by atoms with Gasteiger partial charge in [0, 0.05) is 43.4 Å². The summed E-state index contributed by atoms with van der Waals surface area (Å²) in [5, 5.41) is 0. The average molecular weight is 567 g/mol. The molecule has 226 valence electrons. The van der Waals surface area contributed by atoms with E-state index in [1.807, 2.05) is 17.9 Å². The van der Waals surface area contributed by atoms with Crippen LogP contribution >= 0.6 is 0 Å². The van der Waals surface area contributed by atoms with Crippen LogP contribution in [0.4, 0.5) is 0 Å². The highest BCUT2D eigenvalue weighted by molar-refractivity contribution is 5.79. The number of pyridine rings is 1. The number of rotatable bonds is 15. The number of carbonyl (C=O) groups excluding carboxylic acids is 1. The van der Waals surface area contributed by atoms with Gasteiger partial charge in [-0.25, -0.2) is 0 Å². The van der Waals surface area contributed by atoms with Crippen molar-refractivity contribution in [3.63, 3.8) is 0 Å². The van der Waals surface area contributed by atoms with E-state index in [4.69, 9.17) is 23.9 Å². The lowest BCUT2D eigenvalue weighted by molar-refractivity contribution is -0.136. The molecule has 0 saturated heterocycles. The second-order valence-corrected chi connectivity index (χ2v) is 12.7. The van der Waals surface area contributed by atoms with E-state index >= 15 is 0 Å². The van der Waals surface area contributed by atoms with Crippen LogP contribution in [0.5, 0.6) is 5.75 Å². The third-order valence-electron chi connectivity index (χ3n) is 7.91. The fraction of sp³-hybridized carbons (Fsp3) is 0.647. The summed E-state index contributed by atoms with van der Waals surface area (Å²) in [7, 11) is 0. The van der Waals surface area contributed by atoms with Crippen molar-refractivity contribution in [2.24, 2.45) is 11.3 Å². The summed E-state index contributed by atoms with van der Waals surface area (Å²) >= 11 is 0. The van der Waals surface area contributed by atoms with Crippen LogP contribution in [-0.4, -0.2) is 68.6 Å². The molecule has 0 spiro atoms. The summed E-state index contributed by atoms with van der Waals surface area (Å²) in [5.41, 5.74) is 6.44. The Kier molecular flexibility index (Phi) is 12.0. The van der Waals surface area contributed by atoms with Gasteiger partial charge in [-0.15, -0.1) is 0 Å². The van der Waals surface area contributed by atoms with Crippen molar-refractivity contribution in [2.75, 3.05) is 52.8 Å². The Labute approximate surface area is 246 Å². The third kappa shape index (κ3) is 10.4. The number of aromatic nitrogens is 1. The van der Waals surface area contributed by atoms with E-state index in [0.717, 1.165) is 55.7 Å². The van der Waals surface area contributed by atoms with Crippen molar-refractivity contribution in [3.05, 3.63) is 58.4 Å². The predicted octanol–water partition coefficient (Wildman–Crippen LogP) is 5.59. The first-order valence-corrected chi connectivity index (χ1v) is 15.5. The molecule has 2 aliphatic rings. The molecule has 41 heavy (non-hydrogen) atoms. The number of hydrogen-bond donors (Lipinski definition) is 0. The summed E-state index contributed by atoms with van der Waals surface area (Å²) < 4.78 is 23.2. The highest BCUT2D eigenvalue weighted by Crippen LogP contribution is 2.27. The zero-order valence-electron chi connectivity index (χ0n) is 25.7. The van der Waals surface area contributed by atoms with Gasteiger partial charge in [-0.3, -0.25) is 9.78 Å². The summed E-state index contributed by atoms with van der Waals surface area (Å²) in [4.78, 5) is 19.9. The molecule has 1 atom stereocenters. The number of aryl methyl sites for hydroxylation is 2. The number of ether oxygens (including phenoxy) is 4. The Morgan fingerprint density at radius 2 is 1.56 bits per heavy atom. The molecule has 0 bridgehead atoms. The highest BCUT2D eigenvalue weighted by atomic mass is 16.5. The van der Waals surface area contributed by atoms with Crippen molar-refractivity contribution in [1.29, 1.82) is 0 Å². The van der Waals surface area contributed by atoms with Gasteiger partial charge in [0.25, 0.3) is 0 Å². The Morgan fingerprint density at radius 1 is 0.854 bits per heavy atom. The molecule has 0 unspecified atom stereocenters. The first-order chi connectivity index (χ1) is 19.8. The van der Waals surface area contributed by atoms with Crippen LogP contribution in [0.25, 0.3) is 0 Å². The molecule has 2 heterocycles. The number of amides is 1. The Balaban J connectivity index is 1.17. The molecule has 0 N–H and O–H groups in total. The van der Waals surface area contributed by atoms with E-state index in [2.05, 4.69) is 45.0 Å². The number of benzene rings is 1. The second-order valence-electron chi connectivity index (χ2n) is 12.7. The van der Waals surface area contributed by atoms with Crippen molar-refractivity contribution < 1.29 is 23.7 Å². The number of carbonyl (C=O) groups is 1. The molecule has 2 aromatic rings. The molecule has 7 heteroatoms. The molecule has 1 aromatic heterocycles. The summed E-state index contributed by atoms with van der Waals surface area (Å²) in [6.07, 6.45) is 7.33. The molecule has 0 fully saturated rings. The number of hydrogen-bond acceptors (Lipinski definition) is 6. The Bertz CT molecular complexity index is 1110. The maximum absolute atomic E-state index is 13.1. The number of fused-ring (bicyclic) bond motifs is 2.